The Morgan fingerprint density at radius 2 is 2.04 bits per heavy atom. The molecule has 0 aliphatic carbocycles. The van der Waals surface area contributed by atoms with Gasteiger partial charge in [-0.2, -0.15) is 0 Å². The van der Waals surface area contributed by atoms with Gasteiger partial charge in [0, 0.05) is 12.7 Å². The minimum absolute atomic E-state index is 0.114. The monoisotopic (exact) mass is 352 g/mol. The summed E-state index contributed by atoms with van der Waals surface area (Å²) in [6.07, 6.45) is 1.63. The number of sulfonamides is 1. The number of aromatic nitrogens is 1. The molecule has 3 amide bonds. The van der Waals surface area contributed by atoms with E-state index < -0.39 is 28.0 Å². The van der Waals surface area contributed by atoms with Crippen molar-refractivity contribution >= 4 is 33.3 Å². The number of rotatable bonds is 5. The maximum atomic E-state index is 12.3. The lowest BCUT2D eigenvalue weighted by Crippen LogP contribution is -2.41. The van der Waals surface area contributed by atoms with Crippen molar-refractivity contribution in [2.24, 2.45) is 0 Å². The van der Waals surface area contributed by atoms with Gasteiger partial charge in [-0.1, -0.05) is 6.07 Å². The number of urea groups is 1. The van der Waals surface area contributed by atoms with Gasteiger partial charge < -0.3 is 5.32 Å². The summed E-state index contributed by atoms with van der Waals surface area (Å²) in [6.45, 7) is -0.212. The number of imide groups is 1. The molecule has 23 heavy (non-hydrogen) atoms. The largest absolute Gasteiger partial charge is 0.325 e. The fourth-order valence-corrected chi connectivity index (χ4v) is 4.35. The van der Waals surface area contributed by atoms with Crippen molar-refractivity contribution in [2.45, 2.75) is 10.3 Å². The van der Waals surface area contributed by atoms with Gasteiger partial charge in [-0.05, 0) is 24.3 Å². The second-order valence-corrected chi connectivity index (χ2v) is 7.78. The van der Waals surface area contributed by atoms with E-state index in [1.807, 2.05) is 11.4 Å². The van der Waals surface area contributed by atoms with Crippen LogP contribution >= 0.6 is 11.3 Å². The Labute approximate surface area is 136 Å². The van der Waals surface area contributed by atoms with Crippen LogP contribution in [-0.2, 0) is 14.8 Å². The van der Waals surface area contributed by atoms with Gasteiger partial charge in [-0.25, -0.2) is 17.9 Å². The van der Waals surface area contributed by atoms with E-state index in [0.29, 0.717) is 5.69 Å². The number of hydrogen-bond acceptors (Lipinski definition) is 6. The van der Waals surface area contributed by atoms with Gasteiger partial charge in [-0.3, -0.25) is 15.1 Å². The maximum Gasteiger partial charge on any atom is 0.322 e. The predicted octanol–water partition coefficient (Wildman–Crippen LogP) is 0.296. The lowest BCUT2D eigenvalue weighted by atomic mass is 10.3. The molecule has 1 aliphatic heterocycles. The average Bonchev–Trinajstić information content (AvgIpc) is 3.13. The SMILES string of the molecule is O=C1NC(=O)[C@H](CNS(=O)(=O)c2ccc(-c3ccccn3)s2)N1. The van der Waals surface area contributed by atoms with Crippen LogP contribution in [0.3, 0.4) is 0 Å². The molecular formula is C13H12N4O4S2. The molecule has 3 rings (SSSR count). The molecule has 2 aromatic heterocycles. The fourth-order valence-electron chi connectivity index (χ4n) is 1.98. The normalized spacial score (nSPS) is 17.8. The third-order valence-corrected chi connectivity index (χ3v) is 6.12. The molecular weight excluding hydrogens is 340 g/mol. The van der Waals surface area contributed by atoms with Gasteiger partial charge in [0.05, 0.1) is 10.6 Å². The van der Waals surface area contributed by atoms with Gasteiger partial charge in [0.1, 0.15) is 10.3 Å². The van der Waals surface area contributed by atoms with Crippen molar-refractivity contribution in [3.05, 3.63) is 36.5 Å². The summed E-state index contributed by atoms with van der Waals surface area (Å²) in [7, 11) is -3.77. The molecule has 0 aromatic carbocycles. The number of hydrogen-bond donors (Lipinski definition) is 3. The molecule has 0 bridgehead atoms. The van der Waals surface area contributed by atoms with E-state index in [2.05, 4.69) is 15.0 Å². The molecule has 1 saturated heterocycles. The van der Waals surface area contributed by atoms with Crippen molar-refractivity contribution < 1.29 is 18.0 Å². The second kappa shape index (κ2) is 6.07. The zero-order valence-electron chi connectivity index (χ0n) is 11.6. The number of thiophene rings is 1. The van der Waals surface area contributed by atoms with Gasteiger partial charge >= 0.3 is 6.03 Å². The van der Waals surface area contributed by atoms with Crippen LogP contribution in [0.25, 0.3) is 10.6 Å². The molecule has 0 unspecified atom stereocenters. The first-order chi connectivity index (χ1) is 11.0. The minimum atomic E-state index is -3.77. The standard InChI is InChI=1S/C13H12N4O4S2/c18-12-9(16-13(19)17-12)7-15-23(20,21)11-5-4-10(22-11)8-3-1-2-6-14-8/h1-6,9,15H,7H2,(H2,16,17,18,19)/t9-/m0/s1. The van der Waals surface area contributed by atoms with E-state index >= 15 is 0 Å². The number of pyridine rings is 1. The van der Waals surface area contributed by atoms with Gasteiger partial charge in [0.25, 0.3) is 5.91 Å². The van der Waals surface area contributed by atoms with E-state index in [1.165, 1.54) is 6.07 Å². The summed E-state index contributed by atoms with van der Waals surface area (Å²) in [6, 6.07) is 6.98. The van der Waals surface area contributed by atoms with Crippen molar-refractivity contribution in [1.82, 2.24) is 20.3 Å². The summed E-state index contributed by atoms with van der Waals surface area (Å²) in [5.41, 5.74) is 0.682. The minimum Gasteiger partial charge on any atom is -0.325 e. The van der Waals surface area contributed by atoms with E-state index in [4.69, 9.17) is 0 Å². The Morgan fingerprint density at radius 1 is 1.22 bits per heavy atom. The molecule has 1 aliphatic rings. The van der Waals surface area contributed by atoms with Crippen LogP contribution < -0.4 is 15.4 Å². The van der Waals surface area contributed by atoms with E-state index in [1.54, 1.807) is 24.4 Å². The smallest absolute Gasteiger partial charge is 0.322 e. The zero-order chi connectivity index (χ0) is 16.4. The van der Waals surface area contributed by atoms with E-state index in [-0.39, 0.29) is 10.8 Å². The number of carbonyl (C=O) groups is 2. The van der Waals surface area contributed by atoms with Crippen molar-refractivity contribution in [2.75, 3.05) is 6.54 Å². The lowest BCUT2D eigenvalue weighted by Gasteiger charge is -2.08. The molecule has 3 N–H and O–H groups in total. The Morgan fingerprint density at radius 3 is 2.70 bits per heavy atom. The van der Waals surface area contributed by atoms with Crippen molar-refractivity contribution in [1.29, 1.82) is 0 Å². The highest BCUT2D eigenvalue weighted by atomic mass is 32.2. The summed E-state index contributed by atoms with van der Waals surface area (Å²) in [5, 5.41) is 4.36. The molecule has 2 aromatic rings. The van der Waals surface area contributed by atoms with Crippen LogP contribution in [0.5, 0.6) is 0 Å². The number of amides is 3. The van der Waals surface area contributed by atoms with E-state index in [0.717, 1.165) is 16.2 Å². The van der Waals surface area contributed by atoms with Crippen molar-refractivity contribution in [3.8, 4) is 10.6 Å². The van der Waals surface area contributed by atoms with Crippen molar-refractivity contribution in [3.63, 3.8) is 0 Å². The van der Waals surface area contributed by atoms with E-state index in [9.17, 15) is 18.0 Å². The quantitative estimate of drug-likeness (QED) is 0.669. The van der Waals surface area contributed by atoms with Crippen LogP contribution in [0, 0.1) is 0 Å². The Balaban J connectivity index is 1.72. The topological polar surface area (TPSA) is 117 Å². The first-order valence-electron chi connectivity index (χ1n) is 6.58. The predicted molar refractivity (Wildman–Crippen MR) is 83.2 cm³/mol. The molecule has 1 atom stereocenters. The highest BCUT2D eigenvalue weighted by molar-refractivity contribution is 7.91. The van der Waals surface area contributed by atoms with Crippen LogP contribution in [0.15, 0.2) is 40.7 Å². The summed E-state index contributed by atoms with van der Waals surface area (Å²) in [5.74, 6) is -0.557. The summed E-state index contributed by atoms with van der Waals surface area (Å²) in [4.78, 5) is 27.3. The third kappa shape index (κ3) is 3.38. The Hall–Kier alpha value is -2.30. The Kier molecular flexibility index (Phi) is 4.11. The molecule has 1 fully saturated rings. The molecule has 0 spiro atoms. The summed E-state index contributed by atoms with van der Waals surface area (Å²) < 4.78 is 26.9. The second-order valence-electron chi connectivity index (χ2n) is 4.70. The first kappa shape index (κ1) is 15.6. The highest BCUT2D eigenvalue weighted by Crippen LogP contribution is 2.29. The number of nitrogens with zero attached hydrogens (tertiary/aromatic N) is 1. The third-order valence-electron chi connectivity index (χ3n) is 3.10. The zero-order valence-corrected chi connectivity index (χ0v) is 13.3. The molecule has 0 saturated carbocycles. The molecule has 10 heteroatoms. The fraction of sp³-hybridized carbons (Fsp3) is 0.154. The van der Waals surface area contributed by atoms with Crippen LogP contribution in [0.2, 0.25) is 0 Å². The summed E-state index contributed by atoms with van der Waals surface area (Å²) >= 11 is 1.08. The van der Waals surface area contributed by atoms with Crippen LogP contribution in [0.4, 0.5) is 4.79 Å². The Bertz CT molecular complexity index is 848. The molecule has 8 nitrogen and oxygen atoms in total. The van der Waals surface area contributed by atoms with Gasteiger partial charge in [0.15, 0.2) is 0 Å². The van der Waals surface area contributed by atoms with Crippen LogP contribution in [-0.4, -0.2) is 37.9 Å². The molecule has 120 valence electrons. The molecule has 3 heterocycles. The van der Waals surface area contributed by atoms with Gasteiger partial charge in [-0.15, -0.1) is 11.3 Å². The maximum absolute atomic E-state index is 12.3. The molecule has 0 radical (unpaired) electrons. The number of carbonyl (C=O) groups excluding carboxylic acids is 2. The average molecular weight is 352 g/mol. The lowest BCUT2D eigenvalue weighted by molar-refractivity contribution is -0.120. The number of nitrogens with one attached hydrogen (secondary N) is 3. The highest BCUT2D eigenvalue weighted by Gasteiger charge is 2.31. The van der Waals surface area contributed by atoms with Crippen LogP contribution in [0.1, 0.15) is 0 Å². The first-order valence-corrected chi connectivity index (χ1v) is 8.88. The van der Waals surface area contributed by atoms with Gasteiger partial charge in [0.2, 0.25) is 10.0 Å².